The number of hydrogen-bond donors (Lipinski definition) is 1. The zero-order valence-electron chi connectivity index (χ0n) is 16.4. The number of amides is 1. The van der Waals surface area contributed by atoms with Crippen molar-refractivity contribution in [3.63, 3.8) is 0 Å². The highest BCUT2D eigenvalue weighted by molar-refractivity contribution is 5.78. The van der Waals surface area contributed by atoms with Crippen LogP contribution in [0.25, 0.3) is 11.2 Å². The largest absolute Gasteiger partial charge is 0.354 e. The maximum atomic E-state index is 12.2. The van der Waals surface area contributed by atoms with Crippen molar-refractivity contribution in [2.45, 2.75) is 32.2 Å². The van der Waals surface area contributed by atoms with Gasteiger partial charge in [-0.15, -0.1) is 0 Å². The number of hydrogen-bond acceptors (Lipinski definition) is 5. The van der Waals surface area contributed by atoms with Gasteiger partial charge in [0.05, 0.1) is 18.7 Å². The summed E-state index contributed by atoms with van der Waals surface area (Å²) in [4.78, 5) is 23.5. The van der Waals surface area contributed by atoms with E-state index in [-0.39, 0.29) is 5.91 Å². The van der Waals surface area contributed by atoms with Crippen LogP contribution in [0.3, 0.4) is 0 Å². The molecule has 1 N–H and O–H groups in total. The molecule has 0 spiro atoms. The second-order valence-electron chi connectivity index (χ2n) is 7.60. The maximum absolute atomic E-state index is 12.2. The molecule has 1 atom stereocenters. The number of nitrogens with one attached hydrogen (secondary N) is 1. The van der Waals surface area contributed by atoms with E-state index in [1.165, 1.54) is 5.56 Å². The molecule has 1 amide bonds. The second kappa shape index (κ2) is 8.06. The van der Waals surface area contributed by atoms with E-state index < -0.39 is 0 Å². The van der Waals surface area contributed by atoms with Crippen molar-refractivity contribution in [2.75, 3.05) is 26.7 Å². The van der Waals surface area contributed by atoms with E-state index in [2.05, 4.69) is 27.2 Å². The number of aryl methyl sites for hydroxylation is 1. The molecule has 28 heavy (non-hydrogen) atoms. The SMILES string of the molecule is Cc1ccc(CC(=O)NCCn2nc(C3CCN(C)C3)c3nccnc32)cc1. The van der Waals surface area contributed by atoms with E-state index in [4.69, 9.17) is 5.10 Å². The van der Waals surface area contributed by atoms with E-state index in [1.807, 2.05) is 35.9 Å². The van der Waals surface area contributed by atoms with Crippen LogP contribution < -0.4 is 5.32 Å². The van der Waals surface area contributed by atoms with Crippen molar-refractivity contribution < 1.29 is 4.79 Å². The molecule has 1 fully saturated rings. The lowest BCUT2D eigenvalue weighted by Crippen LogP contribution is -2.29. The molecule has 1 unspecified atom stereocenters. The van der Waals surface area contributed by atoms with Crippen LogP contribution in [0.15, 0.2) is 36.7 Å². The topological polar surface area (TPSA) is 75.9 Å². The van der Waals surface area contributed by atoms with Crippen LogP contribution in [-0.4, -0.2) is 57.2 Å². The first-order valence-electron chi connectivity index (χ1n) is 9.78. The first-order chi connectivity index (χ1) is 13.6. The number of benzene rings is 1. The zero-order valence-corrected chi connectivity index (χ0v) is 16.4. The molecule has 3 aromatic rings. The van der Waals surface area contributed by atoms with E-state index in [0.29, 0.717) is 25.4 Å². The lowest BCUT2D eigenvalue weighted by Gasteiger charge is -2.08. The standard InChI is InChI=1S/C21H26N6O/c1-15-3-5-16(6-4-15)13-18(28)22-10-12-27-21-20(23-8-9-24-21)19(25-27)17-7-11-26(2)14-17/h3-6,8-9,17H,7,10-14H2,1-2H3,(H,22,28). The van der Waals surface area contributed by atoms with Gasteiger partial charge in [0, 0.05) is 31.4 Å². The molecule has 146 valence electrons. The molecule has 1 aliphatic heterocycles. The van der Waals surface area contributed by atoms with Crippen LogP contribution in [0.5, 0.6) is 0 Å². The normalized spacial score (nSPS) is 17.3. The summed E-state index contributed by atoms with van der Waals surface area (Å²) in [5, 5.41) is 7.80. The Kier molecular flexibility index (Phi) is 5.34. The summed E-state index contributed by atoms with van der Waals surface area (Å²) in [5.41, 5.74) is 4.92. The van der Waals surface area contributed by atoms with E-state index in [0.717, 1.165) is 41.9 Å². The minimum atomic E-state index is 0.0176. The lowest BCUT2D eigenvalue weighted by molar-refractivity contribution is -0.120. The van der Waals surface area contributed by atoms with E-state index in [1.54, 1.807) is 12.4 Å². The third kappa shape index (κ3) is 4.04. The number of fused-ring (bicyclic) bond motifs is 1. The van der Waals surface area contributed by atoms with Crippen LogP contribution in [0.4, 0.5) is 0 Å². The summed E-state index contributed by atoms with van der Waals surface area (Å²) in [7, 11) is 2.13. The smallest absolute Gasteiger partial charge is 0.224 e. The minimum absolute atomic E-state index is 0.0176. The quantitative estimate of drug-likeness (QED) is 0.709. The molecule has 0 bridgehead atoms. The van der Waals surface area contributed by atoms with Crippen molar-refractivity contribution in [2.24, 2.45) is 0 Å². The lowest BCUT2D eigenvalue weighted by atomic mass is 10.0. The van der Waals surface area contributed by atoms with Gasteiger partial charge in [-0.3, -0.25) is 4.79 Å². The monoisotopic (exact) mass is 378 g/mol. The van der Waals surface area contributed by atoms with Crippen molar-refractivity contribution >= 4 is 17.1 Å². The first-order valence-corrected chi connectivity index (χ1v) is 9.78. The number of rotatable bonds is 6. The fourth-order valence-corrected chi connectivity index (χ4v) is 3.77. The van der Waals surface area contributed by atoms with E-state index >= 15 is 0 Å². The molecule has 1 aromatic carbocycles. The van der Waals surface area contributed by atoms with Crippen molar-refractivity contribution in [1.82, 2.24) is 30.0 Å². The summed E-state index contributed by atoms with van der Waals surface area (Å²) in [6, 6.07) is 8.05. The number of carbonyl (C=O) groups excluding carboxylic acids is 1. The van der Waals surface area contributed by atoms with Gasteiger partial charge in [-0.1, -0.05) is 29.8 Å². The van der Waals surface area contributed by atoms with Crippen LogP contribution in [-0.2, 0) is 17.8 Å². The zero-order chi connectivity index (χ0) is 19.5. The first kappa shape index (κ1) is 18.6. The molecule has 3 heterocycles. The van der Waals surface area contributed by atoms with Gasteiger partial charge in [0.15, 0.2) is 5.65 Å². The van der Waals surface area contributed by atoms with Gasteiger partial charge < -0.3 is 10.2 Å². The van der Waals surface area contributed by atoms with Crippen LogP contribution in [0, 0.1) is 6.92 Å². The molecular weight excluding hydrogens is 352 g/mol. The molecule has 7 heteroatoms. The average molecular weight is 378 g/mol. The highest BCUT2D eigenvalue weighted by Gasteiger charge is 2.27. The summed E-state index contributed by atoms with van der Waals surface area (Å²) >= 11 is 0. The van der Waals surface area contributed by atoms with Gasteiger partial charge in [-0.2, -0.15) is 5.10 Å². The predicted molar refractivity (Wildman–Crippen MR) is 108 cm³/mol. The summed E-state index contributed by atoms with van der Waals surface area (Å²) in [6.07, 6.45) is 4.90. The van der Waals surface area contributed by atoms with E-state index in [9.17, 15) is 4.79 Å². The molecule has 7 nitrogen and oxygen atoms in total. The molecule has 1 saturated heterocycles. The van der Waals surface area contributed by atoms with Gasteiger partial charge >= 0.3 is 0 Å². The molecule has 1 aliphatic rings. The minimum Gasteiger partial charge on any atom is -0.354 e. The summed E-state index contributed by atoms with van der Waals surface area (Å²) in [5.74, 6) is 0.408. The Morgan fingerprint density at radius 3 is 2.75 bits per heavy atom. The number of aromatic nitrogens is 4. The van der Waals surface area contributed by atoms with Crippen molar-refractivity contribution in [3.05, 3.63) is 53.5 Å². The summed E-state index contributed by atoms with van der Waals surface area (Å²) in [6.45, 7) is 5.21. The molecule has 0 radical (unpaired) electrons. The third-order valence-corrected chi connectivity index (χ3v) is 5.30. The number of likely N-dealkylation sites (tertiary alicyclic amines) is 1. The Labute approximate surface area is 164 Å². The molecule has 4 rings (SSSR count). The summed E-state index contributed by atoms with van der Waals surface area (Å²) < 4.78 is 1.88. The Morgan fingerprint density at radius 2 is 2.00 bits per heavy atom. The van der Waals surface area contributed by atoms with Crippen molar-refractivity contribution in [1.29, 1.82) is 0 Å². The predicted octanol–water partition coefficient (Wildman–Crippen LogP) is 1.91. The molecule has 0 saturated carbocycles. The highest BCUT2D eigenvalue weighted by Crippen LogP contribution is 2.29. The van der Waals surface area contributed by atoms with Gasteiger partial charge in [-0.05, 0) is 32.5 Å². The van der Waals surface area contributed by atoms with Gasteiger partial charge in [0.1, 0.15) is 5.52 Å². The fraction of sp³-hybridized carbons (Fsp3) is 0.429. The van der Waals surface area contributed by atoms with Gasteiger partial charge in [-0.25, -0.2) is 14.6 Å². The van der Waals surface area contributed by atoms with Crippen LogP contribution >= 0.6 is 0 Å². The number of likely N-dealkylation sites (N-methyl/N-ethyl adjacent to an activating group) is 1. The highest BCUT2D eigenvalue weighted by atomic mass is 16.1. The fourth-order valence-electron chi connectivity index (χ4n) is 3.77. The Hall–Kier alpha value is -2.80. The Balaban J connectivity index is 1.40. The van der Waals surface area contributed by atoms with Crippen molar-refractivity contribution in [3.8, 4) is 0 Å². The van der Waals surface area contributed by atoms with Crippen LogP contribution in [0.2, 0.25) is 0 Å². The maximum Gasteiger partial charge on any atom is 0.224 e. The molecule has 2 aromatic heterocycles. The third-order valence-electron chi connectivity index (χ3n) is 5.30. The molecule has 0 aliphatic carbocycles. The second-order valence-corrected chi connectivity index (χ2v) is 7.60. The number of carbonyl (C=O) groups is 1. The Morgan fingerprint density at radius 1 is 1.21 bits per heavy atom. The molecular formula is C21H26N6O. The van der Waals surface area contributed by atoms with Gasteiger partial charge in [0.2, 0.25) is 5.91 Å². The average Bonchev–Trinajstić information content (AvgIpc) is 3.28. The number of nitrogens with zero attached hydrogens (tertiary/aromatic N) is 5. The Bertz CT molecular complexity index is 965. The van der Waals surface area contributed by atoms with Crippen LogP contribution in [0.1, 0.15) is 29.2 Å². The van der Waals surface area contributed by atoms with Gasteiger partial charge in [0.25, 0.3) is 0 Å².